The Bertz CT molecular complexity index is 302. The van der Waals surface area contributed by atoms with Crippen molar-refractivity contribution in [2.75, 3.05) is 13.6 Å². The summed E-state index contributed by atoms with van der Waals surface area (Å²) in [5, 5.41) is 3.18. The van der Waals surface area contributed by atoms with Crippen LogP contribution in [0.25, 0.3) is 0 Å². The van der Waals surface area contributed by atoms with Gasteiger partial charge in [-0.25, -0.2) is 0 Å². The van der Waals surface area contributed by atoms with Crippen molar-refractivity contribution in [3.63, 3.8) is 0 Å². The van der Waals surface area contributed by atoms with Gasteiger partial charge in [-0.3, -0.25) is 0 Å². The number of hydrogen-bond acceptors (Lipinski definition) is 1. The molecule has 1 heteroatoms. The van der Waals surface area contributed by atoms with Crippen molar-refractivity contribution in [1.29, 1.82) is 0 Å². The molecule has 0 saturated carbocycles. The fourth-order valence-corrected chi connectivity index (χ4v) is 1.74. The van der Waals surface area contributed by atoms with Crippen LogP contribution in [0.5, 0.6) is 0 Å². The molecule has 0 amide bonds. The lowest BCUT2D eigenvalue weighted by atomic mass is 9.96. The quantitative estimate of drug-likeness (QED) is 0.722. The van der Waals surface area contributed by atoms with Crippen LogP contribution in [0.15, 0.2) is 12.1 Å². The Balaban J connectivity index is 2.73. The summed E-state index contributed by atoms with van der Waals surface area (Å²) in [6, 6.07) is 4.50. The highest BCUT2D eigenvalue weighted by Crippen LogP contribution is 2.18. The molecule has 1 rings (SSSR count). The zero-order chi connectivity index (χ0) is 10.6. The molecule has 0 aromatic heterocycles. The Morgan fingerprint density at radius 3 is 2.43 bits per heavy atom. The minimum Gasteiger partial charge on any atom is -0.320 e. The van der Waals surface area contributed by atoms with E-state index in [2.05, 4.69) is 38.2 Å². The SMILES string of the molecule is CNCCCc1ccc(C)c(C)c1C. The first-order valence-corrected chi connectivity index (χ1v) is 5.37. The van der Waals surface area contributed by atoms with Crippen LogP contribution in [0.4, 0.5) is 0 Å². The van der Waals surface area contributed by atoms with Gasteiger partial charge in [0, 0.05) is 0 Å². The molecule has 1 nitrogen and oxygen atoms in total. The van der Waals surface area contributed by atoms with E-state index in [1.54, 1.807) is 0 Å². The number of nitrogens with one attached hydrogen (secondary N) is 1. The van der Waals surface area contributed by atoms with Gasteiger partial charge in [0.15, 0.2) is 0 Å². The lowest BCUT2D eigenvalue weighted by Gasteiger charge is -2.10. The molecule has 0 bridgehead atoms. The molecule has 0 radical (unpaired) electrons. The van der Waals surface area contributed by atoms with Gasteiger partial charge in [-0.1, -0.05) is 12.1 Å². The lowest BCUT2D eigenvalue weighted by molar-refractivity contribution is 0.722. The van der Waals surface area contributed by atoms with E-state index in [1.165, 1.54) is 35.1 Å². The van der Waals surface area contributed by atoms with Crippen molar-refractivity contribution in [2.24, 2.45) is 0 Å². The Morgan fingerprint density at radius 1 is 1.07 bits per heavy atom. The summed E-state index contributed by atoms with van der Waals surface area (Å²) in [5.74, 6) is 0. The maximum atomic E-state index is 3.18. The zero-order valence-electron chi connectivity index (χ0n) is 9.78. The molecule has 0 spiro atoms. The van der Waals surface area contributed by atoms with Gasteiger partial charge in [-0.15, -0.1) is 0 Å². The molecule has 78 valence electrons. The average Bonchev–Trinajstić information content (AvgIpc) is 2.18. The number of rotatable bonds is 4. The summed E-state index contributed by atoms with van der Waals surface area (Å²) < 4.78 is 0. The first kappa shape index (κ1) is 11.3. The minimum absolute atomic E-state index is 1.10. The zero-order valence-corrected chi connectivity index (χ0v) is 9.78. The van der Waals surface area contributed by atoms with Crippen LogP contribution in [0.3, 0.4) is 0 Å². The first-order valence-electron chi connectivity index (χ1n) is 5.37. The minimum atomic E-state index is 1.10. The van der Waals surface area contributed by atoms with Gasteiger partial charge in [-0.05, 0) is 69.5 Å². The monoisotopic (exact) mass is 191 g/mol. The van der Waals surface area contributed by atoms with E-state index in [1.807, 2.05) is 7.05 Å². The summed E-state index contributed by atoms with van der Waals surface area (Å²) in [5.41, 5.74) is 5.83. The molecule has 14 heavy (non-hydrogen) atoms. The van der Waals surface area contributed by atoms with Gasteiger partial charge in [0.25, 0.3) is 0 Å². The highest BCUT2D eigenvalue weighted by atomic mass is 14.8. The van der Waals surface area contributed by atoms with Crippen LogP contribution in [0.1, 0.15) is 28.7 Å². The third kappa shape index (κ3) is 2.58. The fourth-order valence-electron chi connectivity index (χ4n) is 1.74. The number of hydrogen-bond donors (Lipinski definition) is 1. The molecule has 0 saturated heterocycles. The van der Waals surface area contributed by atoms with Gasteiger partial charge >= 0.3 is 0 Å². The lowest BCUT2D eigenvalue weighted by Crippen LogP contribution is -2.09. The Hall–Kier alpha value is -0.820. The molecule has 0 fully saturated rings. The summed E-state index contributed by atoms with van der Waals surface area (Å²) in [4.78, 5) is 0. The van der Waals surface area contributed by atoms with Gasteiger partial charge in [0.05, 0.1) is 0 Å². The predicted molar refractivity (Wildman–Crippen MR) is 62.9 cm³/mol. The number of aryl methyl sites for hydroxylation is 2. The third-order valence-electron chi connectivity index (χ3n) is 3.04. The van der Waals surface area contributed by atoms with Crippen LogP contribution in [-0.4, -0.2) is 13.6 Å². The Morgan fingerprint density at radius 2 is 1.79 bits per heavy atom. The van der Waals surface area contributed by atoms with Crippen LogP contribution >= 0.6 is 0 Å². The predicted octanol–water partition coefficient (Wildman–Crippen LogP) is 2.76. The summed E-state index contributed by atoms with van der Waals surface area (Å²) in [6.45, 7) is 7.73. The van der Waals surface area contributed by atoms with E-state index in [-0.39, 0.29) is 0 Å². The van der Waals surface area contributed by atoms with E-state index >= 15 is 0 Å². The summed E-state index contributed by atoms with van der Waals surface area (Å²) in [6.07, 6.45) is 2.41. The van der Waals surface area contributed by atoms with Crippen molar-refractivity contribution in [3.05, 3.63) is 34.4 Å². The average molecular weight is 191 g/mol. The van der Waals surface area contributed by atoms with E-state index in [0.717, 1.165) is 6.54 Å². The number of benzene rings is 1. The molecule has 1 aromatic carbocycles. The van der Waals surface area contributed by atoms with Crippen molar-refractivity contribution in [1.82, 2.24) is 5.32 Å². The van der Waals surface area contributed by atoms with Crippen LogP contribution in [0, 0.1) is 20.8 Å². The molecule has 0 aliphatic heterocycles. The maximum Gasteiger partial charge on any atom is -0.00488 e. The molecule has 1 aromatic rings. The topological polar surface area (TPSA) is 12.0 Å². The van der Waals surface area contributed by atoms with Crippen molar-refractivity contribution in [2.45, 2.75) is 33.6 Å². The van der Waals surface area contributed by atoms with E-state index < -0.39 is 0 Å². The van der Waals surface area contributed by atoms with E-state index in [0.29, 0.717) is 0 Å². The molecule has 0 aliphatic carbocycles. The van der Waals surface area contributed by atoms with Gasteiger partial charge in [0.1, 0.15) is 0 Å². The summed E-state index contributed by atoms with van der Waals surface area (Å²) in [7, 11) is 2.01. The third-order valence-corrected chi connectivity index (χ3v) is 3.04. The van der Waals surface area contributed by atoms with Crippen LogP contribution < -0.4 is 5.32 Å². The van der Waals surface area contributed by atoms with E-state index in [4.69, 9.17) is 0 Å². The molecule has 1 N–H and O–H groups in total. The molecule has 0 unspecified atom stereocenters. The largest absolute Gasteiger partial charge is 0.320 e. The van der Waals surface area contributed by atoms with Gasteiger partial charge in [0.2, 0.25) is 0 Å². The fraction of sp³-hybridized carbons (Fsp3) is 0.538. The molecule has 0 aliphatic rings. The van der Waals surface area contributed by atoms with Crippen molar-refractivity contribution >= 4 is 0 Å². The highest BCUT2D eigenvalue weighted by molar-refractivity contribution is 5.38. The van der Waals surface area contributed by atoms with Gasteiger partial charge < -0.3 is 5.32 Å². The maximum absolute atomic E-state index is 3.18. The second kappa shape index (κ2) is 5.16. The molecule has 0 heterocycles. The molecular weight excluding hydrogens is 170 g/mol. The van der Waals surface area contributed by atoms with Crippen LogP contribution in [-0.2, 0) is 6.42 Å². The normalized spacial score (nSPS) is 10.6. The van der Waals surface area contributed by atoms with Crippen molar-refractivity contribution < 1.29 is 0 Å². The summed E-state index contributed by atoms with van der Waals surface area (Å²) >= 11 is 0. The standard InChI is InChI=1S/C13H21N/c1-10-7-8-13(6-5-9-14-4)12(3)11(10)2/h7-8,14H,5-6,9H2,1-4H3. The van der Waals surface area contributed by atoms with Gasteiger partial charge in [-0.2, -0.15) is 0 Å². The smallest absolute Gasteiger partial charge is 0.00488 e. The Labute approximate surface area is 87.5 Å². The highest BCUT2D eigenvalue weighted by Gasteiger charge is 2.02. The molecule has 0 atom stereocenters. The van der Waals surface area contributed by atoms with Crippen molar-refractivity contribution in [3.8, 4) is 0 Å². The second-order valence-electron chi connectivity index (χ2n) is 4.00. The first-order chi connectivity index (χ1) is 6.66. The van der Waals surface area contributed by atoms with Crippen LogP contribution in [0.2, 0.25) is 0 Å². The Kier molecular flexibility index (Phi) is 4.15. The molecular formula is C13H21N. The van der Waals surface area contributed by atoms with E-state index in [9.17, 15) is 0 Å². The second-order valence-corrected chi connectivity index (χ2v) is 4.00.